The lowest BCUT2D eigenvalue weighted by Crippen LogP contribution is -2.23. The second kappa shape index (κ2) is 5.15. The van der Waals surface area contributed by atoms with Crippen molar-refractivity contribution in [3.8, 4) is 0 Å². The lowest BCUT2D eigenvalue weighted by molar-refractivity contribution is -0.0436. The number of benzene rings is 1. The molecule has 0 radical (unpaired) electrons. The van der Waals surface area contributed by atoms with E-state index in [9.17, 15) is 21.6 Å². The van der Waals surface area contributed by atoms with Crippen molar-refractivity contribution < 1.29 is 21.6 Å². The molecule has 0 saturated heterocycles. The van der Waals surface area contributed by atoms with Crippen molar-refractivity contribution in [2.24, 2.45) is 0 Å². The van der Waals surface area contributed by atoms with E-state index in [-0.39, 0.29) is 11.8 Å². The first-order chi connectivity index (χ1) is 8.46. The van der Waals surface area contributed by atoms with Crippen molar-refractivity contribution in [3.05, 3.63) is 29.3 Å². The maximum Gasteiger partial charge on any atom is 0.501 e. The quantitative estimate of drug-likeness (QED) is 0.836. The summed E-state index contributed by atoms with van der Waals surface area (Å²) < 4.78 is 60.7. The van der Waals surface area contributed by atoms with Crippen LogP contribution in [0.4, 0.5) is 13.2 Å². The van der Waals surface area contributed by atoms with Gasteiger partial charge in [-0.05, 0) is 35.1 Å². The Morgan fingerprint density at radius 2 is 1.26 bits per heavy atom. The molecule has 0 fully saturated rings. The van der Waals surface area contributed by atoms with E-state index in [2.05, 4.69) is 0 Å². The molecule has 0 saturated carbocycles. The molecule has 6 heteroatoms. The smallest absolute Gasteiger partial charge is 0.214 e. The van der Waals surface area contributed by atoms with Gasteiger partial charge in [0, 0.05) is 0 Å². The molecule has 0 heterocycles. The molecule has 0 unspecified atom stereocenters. The van der Waals surface area contributed by atoms with Crippen LogP contribution in [-0.2, 0) is 9.84 Å². The molecule has 108 valence electrons. The molecular weight excluding hydrogens is 277 g/mol. The zero-order valence-corrected chi connectivity index (χ0v) is 12.1. The predicted octanol–water partition coefficient (Wildman–Crippen LogP) is 4.23. The van der Waals surface area contributed by atoms with E-state index >= 15 is 0 Å². The highest BCUT2D eigenvalue weighted by Gasteiger charge is 2.47. The summed E-state index contributed by atoms with van der Waals surface area (Å²) in [7, 11) is -5.29. The van der Waals surface area contributed by atoms with Gasteiger partial charge in [-0.25, -0.2) is 8.42 Å². The van der Waals surface area contributed by atoms with Crippen molar-refractivity contribution in [3.63, 3.8) is 0 Å². The highest BCUT2D eigenvalue weighted by Crippen LogP contribution is 2.33. The van der Waals surface area contributed by atoms with Gasteiger partial charge < -0.3 is 0 Å². The summed E-state index contributed by atoms with van der Waals surface area (Å²) >= 11 is 0. The number of halogens is 3. The minimum atomic E-state index is -5.29. The highest BCUT2D eigenvalue weighted by molar-refractivity contribution is 7.92. The molecule has 1 aromatic carbocycles. The second-order valence-corrected chi connectivity index (χ2v) is 7.04. The fourth-order valence-electron chi connectivity index (χ4n) is 1.60. The van der Waals surface area contributed by atoms with Crippen LogP contribution in [0.1, 0.15) is 50.7 Å². The van der Waals surface area contributed by atoms with Gasteiger partial charge in [0.05, 0.1) is 4.90 Å². The van der Waals surface area contributed by atoms with Crippen LogP contribution in [0.2, 0.25) is 0 Å². The summed E-state index contributed by atoms with van der Waals surface area (Å²) in [6.07, 6.45) is 0. The van der Waals surface area contributed by atoms with Crippen LogP contribution in [0, 0.1) is 0 Å². The van der Waals surface area contributed by atoms with Crippen LogP contribution in [0.3, 0.4) is 0 Å². The van der Waals surface area contributed by atoms with Crippen molar-refractivity contribution >= 4 is 9.84 Å². The van der Waals surface area contributed by atoms with Gasteiger partial charge in [0.25, 0.3) is 9.84 Å². The van der Waals surface area contributed by atoms with Crippen LogP contribution >= 0.6 is 0 Å². The summed E-state index contributed by atoms with van der Waals surface area (Å²) in [5, 5.41) is 0. The van der Waals surface area contributed by atoms with Crippen molar-refractivity contribution in [2.45, 2.75) is 49.9 Å². The zero-order valence-electron chi connectivity index (χ0n) is 11.2. The van der Waals surface area contributed by atoms with Crippen molar-refractivity contribution in [1.29, 1.82) is 0 Å². The molecule has 0 atom stereocenters. The molecule has 0 amide bonds. The van der Waals surface area contributed by atoms with E-state index < -0.39 is 20.2 Å². The van der Waals surface area contributed by atoms with Gasteiger partial charge >= 0.3 is 5.51 Å². The summed E-state index contributed by atoms with van der Waals surface area (Å²) in [6.45, 7) is 7.24. The average Bonchev–Trinajstić information content (AvgIpc) is 2.26. The molecule has 19 heavy (non-hydrogen) atoms. The zero-order chi connectivity index (χ0) is 15.0. The Morgan fingerprint density at radius 1 is 0.895 bits per heavy atom. The average molecular weight is 294 g/mol. The molecule has 0 bridgehead atoms. The minimum Gasteiger partial charge on any atom is -0.214 e. The molecule has 1 rings (SSSR count). The number of alkyl halides is 3. The Labute approximate surface area is 111 Å². The first kappa shape index (κ1) is 16.0. The number of sulfone groups is 1. The third-order valence-corrected chi connectivity index (χ3v) is 4.37. The molecule has 0 aromatic heterocycles. The van der Waals surface area contributed by atoms with Crippen LogP contribution < -0.4 is 0 Å². The molecule has 0 aliphatic heterocycles. The van der Waals surface area contributed by atoms with Gasteiger partial charge in [0.15, 0.2) is 0 Å². The van der Waals surface area contributed by atoms with Crippen LogP contribution in [0.5, 0.6) is 0 Å². The van der Waals surface area contributed by atoms with E-state index in [0.717, 1.165) is 12.1 Å². The van der Waals surface area contributed by atoms with Crippen molar-refractivity contribution in [1.82, 2.24) is 0 Å². The second-order valence-electron chi connectivity index (χ2n) is 5.09. The first-order valence-corrected chi connectivity index (χ1v) is 7.41. The molecule has 0 aliphatic carbocycles. The lowest BCUT2D eigenvalue weighted by Gasteiger charge is -2.15. The summed E-state index contributed by atoms with van der Waals surface area (Å²) in [6, 6.07) is 3.98. The van der Waals surface area contributed by atoms with Gasteiger partial charge in [0.2, 0.25) is 0 Å². The highest BCUT2D eigenvalue weighted by atomic mass is 32.2. The van der Waals surface area contributed by atoms with Gasteiger partial charge in [-0.1, -0.05) is 33.8 Å². The maximum absolute atomic E-state index is 12.6. The van der Waals surface area contributed by atoms with Gasteiger partial charge in [-0.2, -0.15) is 13.2 Å². The maximum atomic E-state index is 12.6. The molecule has 1 aromatic rings. The Kier molecular flexibility index (Phi) is 4.34. The fraction of sp³-hybridized carbons (Fsp3) is 0.538. The number of hydrogen-bond acceptors (Lipinski definition) is 2. The number of rotatable bonds is 3. The molecule has 2 nitrogen and oxygen atoms in total. The molecule has 0 aliphatic rings. The number of hydrogen-bond donors (Lipinski definition) is 0. The monoisotopic (exact) mass is 294 g/mol. The molecular formula is C13H17F3O2S. The molecule has 0 N–H and O–H groups in total. The van der Waals surface area contributed by atoms with E-state index in [0.29, 0.717) is 11.1 Å². The van der Waals surface area contributed by atoms with E-state index in [1.165, 1.54) is 0 Å². The van der Waals surface area contributed by atoms with Gasteiger partial charge in [-0.15, -0.1) is 0 Å². The van der Waals surface area contributed by atoms with E-state index in [4.69, 9.17) is 0 Å². The van der Waals surface area contributed by atoms with Crippen LogP contribution in [-0.4, -0.2) is 13.9 Å². The standard InChI is InChI=1S/C13H17F3O2S/c1-8(2)10-5-11(9(3)4)7-12(6-10)19(17,18)13(14,15)16/h5-9H,1-4H3. The summed E-state index contributed by atoms with van der Waals surface area (Å²) in [5.74, 6) is -0.0817. The third kappa shape index (κ3) is 3.29. The van der Waals surface area contributed by atoms with Gasteiger partial charge in [0.1, 0.15) is 0 Å². The predicted molar refractivity (Wildman–Crippen MR) is 67.9 cm³/mol. The Balaban J connectivity index is 3.53. The molecule has 0 spiro atoms. The summed E-state index contributed by atoms with van der Waals surface area (Å²) in [5.41, 5.74) is -4.08. The third-order valence-electron chi connectivity index (χ3n) is 2.90. The van der Waals surface area contributed by atoms with E-state index in [1.54, 1.807) is 6.07 Å². The fourth-order valence-corrected chi connectivity index (χ4v) is 2.45. The Morgan fingerprint density at radius 3 is 1.53 bits per heavy atom. The largest absolute Gasteiger partial charge is 0.501 e. The first-order valence-electron chi connectivity index (χ1n) is 5.93. The minimum absolute atomic E-state index is 0.0408. The van der Waals surface area contributed by atoms with Gasteiger partial charge in [-0.3, -0.25) is 0 Å². The lowest BCUT2D eigenvalue weighted by atomic mass is 9.96. The normalized spacial score (nSPS) is 13.3. The topological polar surface area (TPSA) is 34.1 Å². The summed E-state index contributed by atoms with van der Waals surface area (Å²) in [4.78, 5) is -0.671. The SMILES string of the molecule is CC(C)c1cc(C(C)C)cc(S(=O)(=O)C(F)(F)F)c1. The Hall–Kier alpha value is -1.04. The van der Waals surface area contributed by atoms with E-state index in [1.807, 2.05) is 27.7 Å². The Bertz CT molecular complexity index is 531. The van der Waals surface area contributed by atoms with Crippen molar-refractivity contribution in [2.75, 3.05) is 0 Å². The van der Waals surface area contributed by atoms with Crippen LogP contribution in [0.25, 0.3) is 0 Å². The van der Waals surface area contributed by atoms with Crippen LogP contribution in [0.15, 0.2) is 23.1 Å².